The molecule has 1 heterocycles. The quantitative estimate of drug-likeness (QED) is 0.348. The smallest absolute Gasteiger partial charge is 0.344 e. The van der Waals surface area contributed by atoms with E-state index in [2.05, 4.69) is 5.32 Å². The van der Waals surface area contributed by atoms with Crippen molar-refractivity contribution in [2.24, 2.45) is 0 Å². The van der Waals surface area contributed by atoms with Crippen LogP contribution in [0.4, 0.5) is 5.69 Å². The zero-order valence-corrected chi connectivity index (χ0v) is 19.3. The van der Waals surface area contributed by atoms with Crippen LogP contribution in [0.2, 0.25) is 0 Å². The lowest BCUT2D eigenvalue weighted by molar-refractivity contribution is -0.144. The number of hydrogen-bond acceptors (Lipinski definition) is 6. The Labute approximate surface area is 196 Å². The van der Waals surface area contributed by atoms with Crippen molar-refractivity contribution in [3.63, 3.8) is 0 Å². The maximum Gasteiger partial charge on any atom is 0.344 e. The normalized spacial score (nSPS) is 15.9. The van der Waals surface area contributed by atoms with Crippen molar-refractivity contribution in [3.8, 4) is 11.5 Å². The van der Waals surface area contributed by atoms with Crippen molar-refractivity contribution in [2.45, 2.75) is 33.3 Å². The molecule has 9 heteroatoms. The first kappa shape index (κ1) is 23.9. The lowest BCUT2D eigenvalue weighted by Gasteiger charge is -2.29. The summed E-state index contributed by atoms with van der Waals surface area (Å²) in [5.41, 5.74) is 2.06. The van der Waals surface area contributed by atoms with Crippen LogP contribution in [-0.2, 0) is 20.8 Å². The van der Waals surface area contributed by atoms with Gasteiger partial charge >= 0.3 is 5.97 Å². The lowest BCUT2D eigenvalue weighted by atomic mass is 10.1. The molecule has 3 rings (SSSR count). The molecule has 2 amide bonds. The lowest BCUT2D eigenvalue weighted by Crippen LogP contribution is -2.54. The van der Waals surface area contributed by atoms with Gasteiger partial charge in [-0.15, -0.1) is 0 Å². The number of aryl methyl sites for hydroxylation is 1. The number of ether oxygens (including phenoxy) is 2. The van der Waals surface area contributed by atoms with Crippen LogP contribution in [0.25, 0.3) is 6.08 Å². The summed E-state index contributed by atoms with van der Waals surface area (Å²) in [5, 5.41) is 11.7. The van der Waals surface area contributed by atoms with E-state index < -0.39 is 23.9 Å². The Bertz CT molecular complexity index is 1130. The number of carboxylic acid groups (broad SMARTS) is 1. The van der Waals surface area contributed by atoms with E-state index in [1.165, 1.54) is 24.0 Å². The van der Waals surface area contributed by atoms with Crippen molar-refractivity contribution in [1.29, 1.82) is 0 Å². The first-order chi connectivity index (χ1) is 15.7. The van der Waals surface area contributed by atoms with E-state index in [-0.39, 0.29) is 16.4 Å². The zero-order chi connectivity index (χ0) is 24.1. The fourth-order valence-electron chi connectivity index (χ4n) is 3.16. The summed E-state index contributed by atoms with van der Waals surface area (Å²) >= 11 is 5.24. The molecule has 1 aliphatic rings. The minimum Gasteiger partial charge on any atom is -0.490 e. The molecule has 2 aromatic rings. The van der Waals surface area contributed by atoms with Gasteiger partial charge < -0.3 is 14.6 Å². The van der Waals surface area contributed by atoms with Crippen LogP contribution in [0.5, 0.6) is 11.5 Å². The largest absolute Gasteiger partial charge is 0.490 e. The van der Waals surface area contributed by atoms with Gasteiger partial charge in [-0.1, -0.05) is 25.1 Å². The molecule has 0 spiro atoms. The molecule has 1 saturated heterocycles. The Morgan fingerprint density at radius 1 is 1.15 bits per heavy atom. The molecule has 0 radical (unpaired) electrons. The van der Waals surface area contributed by atoms with E-state index in [9.17, 15) is 14.4 Å². The number of nitrogens with zero attached hydrogens (tertiary/aromatic N) is 1. The Hall–Kier alpha value is -3.72. The molecule has 2 aromatic carbocycles. The molecular weight excluding hydrogens is 444 g/mol. The maximum atomic E-state index is 13.2. The molecule has 0 aromatic heterocycles. The highest BCUT2D eigenvalue weighted by Crippen LogP contribution is 2.31. The van der Waals surface area contributed by atoms with Crippen LogP contribution in [0, 0.1) is 0 Å². The van der Waals surface area contributed by atoms with Crippen molar-refractivity contribution in [2.75, 3.05) is 11.5 Å². The maximum absolute atomic E-state index is 13.2. The molecular formula is C24H24N2O6S. The summed E-state index contributed by atoms with van der Waals surface area (Å²) in [7, 11) is 0. The number of benzene rings is 2. The molecule has 1 aliphatic heterocycles. The topological polar surface area (TPSA) is 105 Å². The molecule has 172 valence electrons. The Morgan fingerprint density at radius 2 is 1.85 bits per heavy atom. The molecule has 1 fully saturated rings. The summed E-state index contributed by atoms with van der Waals surface area (Å²) in [6.07, 6.45) is 1.21. The van der Waals surface area contributed by atoms with Gasteiger partial charge in [0, 0.05) is 0 Å². The molecule has 1 unspecified atom stereocenters. The Kier molecular flexibility index (Phi) is 7.44. The van der Waals surface area contributed by atoms with Crippen LogP contribution in [0.15, 0.2) is 48.0 Å². The van der Waals surface area contributed by atoms with Crippen LogP contribution >= 0.6 is 12.2 Å². The second-order valence-electron chi connectivity index (χ2n) is 7.22. The predicted octanol–water partition coefficient (Wildman–Crippen LogP) is 3.33. The third-order valence-electron chi connectivity index (χ3n) is 4.93. The number of carboxylic acids is 1. The van der Waals surface area contributed by atoms with Crippen molar-refractivity contribution < 1.29 is 29.0 Å². The molecule has 1 atom stereocenters. The Morgan fingerprint density at radius 3 is 2.45 bits per heavy atom. The number of carbonyl (C=O) groups excluding carboxylic acids is 2. The summed E-state index contributed by atoms with van der Waals surface area (Å²) in [5.74, 6) is -1.73. The van der Waals surface area contributed by atoms with Crippen LogP contribution in [-0.4, -0.2) is 40.7 Å². The van der Waals surface area contributed by atoms with Gasteiger partial charge in [0.25, 0.3) is 11.8 Å². The number of anilines is 1. The first-order valence-corrected chi connectivity index (χ1v) is 10.8. The van der Waals surface area contributed by atoms with Gasteiger partial charge in [-0.2, -0.15) is 0 Å². The first-order valence-electron chi connectivity index (χ1n) is 10.4. The van der Waals surface area contributed by atoms with Crippen molar-refractivity contribution in [3.05, 3.63) is 59.2 Å². The number of hydrogen-bond donors (Lipinski definition) is 2. The van der Waals surface area contributed by atoms with Crippen molar-refractivity contribution >= 4 is 46.9 Å². The average molecular weight is 469 g/mol. The van der Waals surface area contributed by atoms with E-state index >= 15 is 0 Å². The second kappa shape index (κ2) is 10.3. The molecule has 0 bridgehead atoms. The minimum atomic E-state index is -1.11. The van der Waals surface area contributed by atoms with Gasteiger partial charge in [0.05, 0.1) is 12.3 Å². The molecule has 0 saturated carbocycles. The summed E-state index contributed by atoms with van der Waals surface area (Å²) in [4.78, 5) is 38.1. The van der Waals surface area contributed by atoms with Crippen LogP contribution in [0.1, 0.15) is 31.9 Å². The summed E-state index contributed by atoms with van der Waals surface area (Å²) in [6, 6.07) is 12.1. The number of amides is 2. The monoisotopic (exact) mass is 468 g/mol. The fourth-order valence-corrected chi connectivity index (χ4v) is 3.44. The minimum absolute atomic E-state index is 0.00723. The summed E-state index contributed by atoms with van der Waals surface area (Å²) < 4.78 is 11.0. The van der Waals surface area contributed by atoms with Gasteiger partial charge in [-0.3, -0.25) is 19.8 Å². The van der Waals surface area contributed by atoms with Gasteiger partial charge in [-0.25, -0.2) is 4.79 Å². The highest BCUT2D eigenvalue weighted by atomic mass is 32.1. The standard InChI is InChI=1S/C24H24N2O6S/c1-4-15-6-9-17(10-7-15)26-22(28)18(21(27)25-24(26)33)12-16-8-11-19(20(13-16)31-5-2)32-14(3)23(29)30/h6-14H,4-5H2,1-3H3,(H,29,30)(H,25,27,33)/b18-12-. The molecule has 2 N–H and O–H groups in total. The molecule has 0 aliphatic carbocycles. The molecule has 33 heavy (non-hydrogen) atoms. The van der Waals surface area contributed by atoms with Gasteiger partial charge in [0.15, 0.2) is 22.7 Å². The van der Waals surface area contributed by atoms with E-state index in [0.29, 0.717) is 23.6 Å². The fraction of sp³-hybridized carbons (Fsp3) is 0.250. The number of aliphatic carboxylic acids is 1. The predicted molar refractivity (Wildman–Crippen MR) is 127 cm³/mol. The van der Waals surface area contributed by atoms with Crippen LogP contribution < -0.4 is 19.7 Å². The van der Waals surface area contributed by atoms with E-state index in [1.54, 1.807) is 31.2 Å². The highest BCUT2D eigenvalue weighted by molar-refractivity contribution is 7.80. The van der Waals surface area contributed by atoms with E-state index in [0.717, 1.165) is 12.0 Å². The van der Waals surface area contributed by atoms with Crippen LogP contribution in [0.3, 0.4) is 0 Å². The third-order valence-corrected chi connectivity index (χ3v) is 5.22. The van der Waals surface area contributed by atoms with E-state index in [1.807, 2.05) is 19.1 Å². The zero-order valence-electron chi connectivity index (χ0n) is 18.5. The average Bonchev–Trinajstić information content (AvgIpc) is 2.78. The number of rotatable bonds is 8. The highest BCUT2D eigenvalue weighted by Gasteiger charge is 2.34. The number of carbonyl (C=O) groups is 3. The Balaban J connectivity index is 1.95. The summed E-state index contributed by atoms with van der Waals surface area (Å²) in [6.45, 7) is 5.52. The van der Waals surface area contributed by atoms with E-state index in [4.69, 9.17) is 26.8 Å². The number of thiocarbonyl (C=S) groups is 1. The third kappa shape index (κ3) is 5.38. The van der Waals surface area contributed by atoms with Crippen molar-refractivity contribution in [1.82, 2.24) is 5.32 Å². The SMILES string of the molecule is CCOc1cc(/C=C2/C(=O)NC(=S)N(c3ccc(CC)cc3)C2=O)ccc1OC(C)C(=O)O. The van der Waals surface area contributed by atoms with Gasteiger partial charge in [0.2, 0.25) is 0 Å². The molecule has 8 nitrogen and oxygen atoms in total. The van der Waals surface area contributed by atoms with Gasteiger partial charge in [0.1, 0.15) is 5.57 Å². The van der Waals surface area contributed by atoms with Gasteiger partial charge in [-0.05, 0) is 74.0 Å². The number of nitrogens with one attached hydrogen (secondary N) is 1. The second-order valence-corrected chi connectivity index (χ2v) is 7.60.